The van der Waals surface area contributed by atoms with Crippen LogP contribution in [0.3, 0.4) is 0 Å². The maximum absolute atomic E-state index is 11.2. The fraction of sp³-hybridized carbons (Fsp3) is 0.316. The molecule has 0 aliphatic heterocycles. The molecule has 2 atom stereocenters. The van der Waals surface area contributed by atoms with Gasteiger partial charge in [0.2, 0.25) is 0 Å². The number of aromatic nitrogens is 3. The molecule has 28 heavy (non-hydrogen) atoms. The van der Waals surface area contributed by atoms with Crippen LogP contribution in [0.5, 0.6) is 0 Å². The van der Waals surface area contributed by atoms with Crippen molar-refractivity contribution in [3.8, 4) is 11.9 Å². The minimum absolute atomic E-state index is 0.207. The summed E-state index contributed by atoms with van der Waals surface area (Å²) in [7, 11) is -4.95. The quantitative estimate of drug-likeness (QED) is 0.581. The van der Waals surface area contributed by atoms with E-state index in [1.54, 1.807) is 25.1 Å². The number of phosphoric acid groups is 1. The number of hydrogen-bond acceptors (Lipinski definition) is 6. The van der Waals surface area contributed by atoms with Gasteiger partial charge in [-0.15, -0.1) is 0 Å². The van der Waals surface area contributed by atoms with Crippen molar-refractivity contribution < 1.29 is 18.9 Å². The Morgan fingerprint density at radius 3 is 2.68 bits per heavy atom. The van der Waals surface area contributed by atoms with E-state index < -0.39 is 13.9 Å². The molecule has 0 spiro atoms. The molecule has 2 aromatic heterocycles. The summed E-state index contributed by atoms with van der Waals surface area (Å²) in [6, 6.07) is 7.00. The first-order valence-electron chi connectivity index (χ1n) is 8.58. The second-order valence-electron chi connectivity index (χ2n) is 6.33. The number of rotatable bonds is 6. The van der Waals surface area contributed by atoms with Gasteiger partial charge in [0, 0.05) is 11.3 Å². The van der Waals surface area contributed by atoms with Crippen molar-refractivity contribution in [2.75, 3.05) is 0 Å². The van der Waals surface area contributed by atoms with Crippen molar-refractivity contribution in [2.24, 2.45) is 0 Å². The first-order valence-corrected chi connectivity index (χ1v) is 10.1. The highest BCUT2D eigenvalue weighted by Crippen LogP contribution is 2.39. The Morgan fingerprint density at radius 1 is 1.46 bits per heavy atom. The van der Waals surface area contributed by atoms with E-state index in [1.807, 2.05) is 39.0 Å². The van der Waals surface area contributed by atoms with Crippen molar-refractivity contribution in [3.05, 3.63) is 58.6 Å². The Morgan fingerprint density at radius 2 is 2.14 bits per heavy atom. The summed E-state index contributed by atoms with van der Waals surface area (Å²) in [6.07, 6.45) is 2.89. The normalized spacial score (nSPS) is 15.8. The van der Waals surface area contributed by atoms with E-state index in [0.29, 0.717) is 22.8 Å². The van der Waals surface area contributed by atoms with Gasteiger partial charge in [0.05, 0.1) is 11.8 Å². The zero-order chi connectivity index (χ0) is 21.1. The summed E-state index contributed by atoms with van der Waals surface area (Å²) in [5, 5.41) is 13.3. The molecule has 0 amide bonds. The summed E-state index contributed by atoms with van der Waals surface area (Å²) in [5.74, 6) is 0.324. The molecule has 1 unspecified atom stereocenters. The van der Waals surface area contributed by atoms with Gasteiger partial charge in [-0.2, -0.15) is 10.4 Å². The largest absolute Gasteiger partial charge is 0.756 e. The molecule has 0 aromatic carbocycles. The highest BCUT2D eigenvalue weighted by atomic mass is 31.2. The molecule has 2 aromatic rings. The number of hydrogen-bond donors (Lipinski definition) is 1. The Kier molecular flexibility index (Phi) is 6.70. The van der Waals surface area contributed by atoms with Crippen LogP contribution in [0.2, 0.25) is 0 Å². The van der Waals surface area contributed by atoms with Gasteiger partial charge in [-0.05, 0) is 57.9 Å². The Hall–Kier alpha value is -2.56. The number of aryl methyl sites for hydroxylation is 1. The fourth-order valence-electron chi connectivity index (χ4n) is 2.73. The average molecular weight is 401 g/mol. The van der Waals surface area contributed by atoms with Crippen LogP contribution in [0.25, 0.3) is 11.4 Å². The van der Waals surface area contributed by atoms with E-state index in [4.69, 9.17) is 14.7 Å². The molecule has 0 fully saturated rings. The molecule has 0 bridgehead atoms. The summed E-state index contributed by atoms with van der Waals surface area (Å²) in [5.41, 5.74) is 3.88. The van der Waals surface area contributed by atoms with Crippen molar-refractivity contribution in [1.29, 1.82) is 5.26 Å². The topological polar surface area (TPSA) is 124 Å². The van der Waals surface area contributed by atoms with Crippen LogP contribution in [-0.2, 0) is 9.09 Å². The molecule has 8 nitrogen and oxygen atoms in total. The molecular weight excluding hydrogens is 379 g/mol. The van der Waals surface area contributed by atoms with Crippen molar-refractivity contribution in [3.63, 3.8) is 0 Å². The predicted molar refractivity (Wildman–Crippen MR) is 103 cm³/mol. The highest BCUT2D eigenvalue weighted by Gasteiger charge is 2.21. The molecule has 0 saturated carbocycles. The van der Waals surface area contributed by atoms with Gasteiger partial charge < -0.3 is 14.3 Å². The summed E-state index contributed by atoms with van der Waals surface area (Å²) < 4.78 is 17.4. The van der Waals surface area contributed by atoms with Crippen LogP contribution in [0.15, 0.2) is 35.9 Å². The van der Waals surface area contributed by atoms with Gasteiger partial charge >= 0.3 is 0 Å². The molecule has 2 rings (SSSR count). The maximum atomic E-state index is 11.2. The molecule has 1 N–H and O–H groups in total. The van der Waals surface area contributed by atoms with Gasteiger partial charge in [-0.1, -0.05) is 18.2 Å². The highest BCUT2D eigenvalue weighted by molar-refractivity contribution is 7.44. The van der Waals surface area contributed by atoms with Crippen molar-refractivity contribution >= 4 is 13.4 Å². The van der Waals surface area contributed by atoms with Gasteiger partial charge in [0.1, 0.15) is 6.07 Å². The minimum Gasteiger partial charge on any atom is -0.756 e. The lowest BCUT2D eigenvalue weighted by Gasteiger charge is -2.23. The van der Waals surface area contributed by atoms with E-state index in [0.717, 1.165) is 11.1 Å². The first-order chi connectivity index (χ1) is 13.1. The third kappa shape index (κ3) is 5.03. The lowest BCUT2D eigenvalue weighted by Crippen LogP contribution is -2.13. The molecule has 0 aliphatic rings. The van der Waals surface area contributed by atoms with E-state index in [-0.39, 0.29) is 5.69 Å². The second-order valence-corrected chi connectivity index (χ2v) is 7.48. The van der Waals surface area contributed by atoms with Crippen molar-refractivity contribution in [2.45, 2.75) is 40.7 Å². The Labute approximate surface area is 164 Å². The fourth-order valence-corrected chi connectivity index (χ4v) is 3.25. The first kappa shape index (κ1) is 21.7. The third-order valence-electron chi connectivity index (χ3n) is 4.23. The Balaban J connectivity index is 2.70. The van der Waals surface area contributed by atoms with E-state index in [1.165, 1.54) is 11.6 Å². The van der Waals surface area contributed by atoms with E-state index in [2.05, 4.69) is 10.1 Å². The molecule has 0 radical (unpaired) electrons. The zero-order valence-electron chi connectivity index (χ0n) is 16.4. The van der Waals surface area contributed by atoms with Gasteiger partial charge in [-0.3, -0.25) is 4.57 Å². The smallest absolute Gasteiger partial charge is 0.265 e. The summed E-state index contributed by atoms with van der Waals surface area (Å²) >= 11 is 0. The second kappa shape index (κ2) is 8.63. The number of pyridine rings is 1. The maximum Gasteiger partial charge on any atom is 0.265 e. The van der Waals surface area contributed by atoms with Gasteiger partial charge in [-0.25, -0.2) is 9.67 Å². The molecule has 148 valence electrons. The van der Waals surface area contributed by atoms with Crippen LogP contribution >= 0.6 is 7.82 Å². The summed E-state index contributed by atoms with van der Waals surface area (Å²) in [4.78, 5) is 24.9. The standard InChI is InChI=1S/C19H23N4O4P/c1-6-7-12(2)14(4)18-9-8-17(15(5)27-28(24,25)26)19(21-18)23-13(3)10-16(11-20)22-23/h6-10,15H,1-5H3,(H2,24,25,26)/p-1/b7-6-,14-12-/t15-/m0/s1. The number of nitrogens with zero attached hydrogens (tertiary/aromatic N) is 4. The minimum atomic E-state index is -4.95. The monoisotopic (exact) mass is 401 g/mol. The molecule has 2 heterocycles. The van der Waals surface area contributed by atoms with Crippen LogP contribution in [0, 0.1) is 18.3 Å². The predicted octanol–water partition coefficient (Wildman–Crippen LogP) is 3.36. The third-order valence-corrected chi connectivity index (χ3v) is 4.81. The van der Waals surface area contributed by atoms with Crippen LogP contribution in [0.4, 0.5) is 0 Å². The molecule has 9 heteroatoms. The lowest BCUT2D eigenvalue weighted by molar-refractivity contribution is -0.223. The van der Waals surface area contributed by atoms with Crippen LogP contribution in [0.1, 0.15) is 56.4 Å². The van der Waals surface area contributed by atoms with Gasteiger partial charge in [0.15, 0.2) is 11.5 Å². The lowest BCUT2D eigenvalue weighted by atomic mass is 10.0. The molecule has 0 saturated heterocycles. The Bertz CT molecular complexity index is 1030. The number of nitriles is 1. The molecule has 0 aliphatic carbocycles. The average Bonchev–Trinajstić information content (AvgIpc) is 3.00. The number of phosphoric ester groups is 1. The molecular formula is C19H22N4O4P-. The number of allylic oxidation sites excluding steroid dienone is 4. The van der Waals surface area contributed by atoms with Crippen LogP contribution in [-0.4, -0.2) is 19.7 Å². The summed E-state index contributed by atoms with van der Waals surface area (Å²) in [6.45, 7) is 9.05. The van der Waals surface area contributed by atoms with E-state index >= 15 is 0 Å². The zero-order valence-corrected chi connectivity index (χ0v) is 17.3. The van der Waals surface area contributed by atoms with E-state index in [9.17, 15) is 9.46 Å². The van der Waals surface area contributed by atoms with Crippen LogP contribution < -0.4 is 4.89 Å². The van der Waals surface area contributed by atoms with Crippen molar-refractivity contribution in [1.82, 2.24) is 14.8 Å². The van der Waals surface area contributed by atoms with Gasteiger partial charge in [0.25, 0.3) is 7.82 Å². The SMILES string of the molecule is C/C=C\C(C)=C(\C)c1ccc([C@H](C)OP(=O)([O-])O)c(-n2nc(C#N)cc2C)n1.